The number of rotatable bonds is 4. The van der Waals surface area contributed by atoms with Crippen LogP contribution in [0.4, 0.5) is 11.9 Å². The predicted octanol–water partition coefficient (Wildman–Crippen LogP) is 1.26. The molecule has 0 unspecified atom stereocenters. The lowest BCUT2D eigenvalue weighted by molar-refractivity contribution is 0.509. The first-order valence-corrected chi connectivity index (χ1v) is 7.23. The molecule has 1 aliphatic rings. The van der Waals surface area contributed by atoms with Crippen LogP contribution in [-0.4, -0.2) is 48.3 Å². The Labute approximate surface area is 123 Å². The Morgan fingerprint density at radius 3 is 2.67 bits per heavy atom. The van der Waals surface area contributed by atoms with E-state index in [-0.39, 0.29) is 5.54 Å². The highest BCUT2D eigenvalue weighted by atomic mass is 15.4. The van der Waals surface area contributed by atoms with Gasteiger partial charge in [-0.15, -0.1) is 0 Å². The fraction of sp³-hybridized carbons (Fsp3) is 0.615. The molecule has 8 heteroatoms. The van der Waals surface area contributed by atoms with Crippen LogP contribution < -0.4 is 10.2 Å². The molecule has 2 aromatic rings. The summed E-state index contributed by atoms with van der Waals surface area (Å²) in [7, 11) is 0. The highest BCUT2D eigenvalue weighted by Gasteiger charge is 2.34. The minimum Gasteiger partial charge on any atom is -0.354 e. The van der Waals surface area contributed by atoms with E-state index in [4.69, 9.17) is 0 Å². The molecule has 1 N–H and O–H groups in total. The Bertz CT molecular complexity index is 607. The monoisotopic (exact) mass is 288 g/mol. The molecule has 0 amide bonds. The van der Waals surface area contributed by atoms with Crippen molar-refractivity contribution in [1.29, 1.82) is 0 Å². The molecule has 21 heavy (non-hydrogen) atoms. The minimum absolute atomic E-state index is 0.0600. The van der Waals surface area contributed by atoms with Gasteiger partial charge in [0, 0.05) is 18.6 Å². The molecule has 0 saturated carbocycles. The second kappa shape index (κ2) is 5.27. The molecule has 3 heterocycles. The van der Waals surface area contributed by atoms with Gasteiger partial charge in [0.2, 0.25) is 11.9 Å². The van der Waals surface area contributed by atoms with Crippen LogP contribution in [0.25, 0.3) is 5.95 Å². The molecule has 3 rings (SSSR count). The van der Waals surface area contributed by atoms with Gasteiger partial charge < -0.3 is 10.2 Å². The maximum Gasteiger partial charge on any atom is 0.258 e. The second-order valence-corrected chi connectivity index (χ2v) is 5.70. The van der Waals surface area contributed by atoms with Gasteiger partial charge in [-0.3, -0.25) is 0 Å². The van der Waals surface area contributed by atoms with Crippen LogP contribution in [-0.2, 0) is 0 Å². The molecule has 0 bridgehead atoms. The number of aromatic nitrogens is 6. The highest BCUT2D eigenvalue weighted by molar-refractivity contribution is 5.43. The lowest BCUT2D eigenvalue weighted by Gasteiger charge is -2.31. The SMILES string of the molecule is CCNc1nc(N2CCCC2(C)C)nc(-n2cncn2)n1. The van der Waals surface area contributed by atoms with Crippen molar-refractivity contribution in [2.45, 2.75) is 39.2 Å². The van der Waals surface area contributed by atoms with Crippen molar-refractivity contribution in [3.05, 3.63) is 12.7 Å². The summed E-state index contributed by atoms with van der Waals surface area (Å²) in [5, 5.41) is 7.25. The van der Waals surface area contributed by atoms with E-state index < -0.39 is 0 Å². The van der Waals surface area contributed by atoms with Crippen LogP contribution in [0.2, 0.25) is 0 Å². The van der Waals surface area contributed by atoms with E-state index in [0.29, 0.717) is 17.8 Å². The quantitative estimate of drug-likeness (QED) is 0.906. The summed E-state index contributed by atoms with van der Waals surface area (Å²) in [6.45, 7) is 8.15. The van der Waals surface area contributed by atoms with Crippen LogP contribution in [0.3, 0.4) is 0 Å². The number of hydrogen-bond acceptors (Lipinski definition) is 7. The zero-order valence-corrected chi connectivity index (χ0v) is 12.6. The van der Waals surface area contributed by atoms with E-state index in [0.717, 1.165) is 25.9 Å². The van der Waals surface area contributed by atoms with E-state index in [9.17, 15) is 0 Å². The predicted molar refractivity (Wildman–Crippen MR) is 79.6 cm³/mol. The van der Waals surface area contributed by atoms with Crippen molar-refractivity contribution in [2.75, 3.05) is 23.3 Å². The Morgan fingerprint density at radius 2 is 2.05 bits per heavy atom. The molecule has 112 valence electrons. The van der Waals surface area contributed by atoms with Gasteiger partial charge in [-0.25, -0.2) is 4.98 Å². The van der Waals surface area contributed by atoms with Crippen LogP contribution in [0.5, 0.6) is 0 Å². The third kappa shape index (κ3) is 2.65. The second-order valence-electron chi connectivity index (χ2n) is 5.70. The molecule has 2 aromatic heterocycles. The normalized spacial score (nSPS) is 17.2. The third-order valence-corrected chi connectivity index (χ3v) is 3.71. The first kappa shape index (κ1) is 13.7. The molecular formula is C13H20N8. The van der Waals surface area contributed by atoms with Gasteiger partial charge in [0.05, 0.1) is 0 Å². The van der Waals surface area contributed by atoms with Crippen molar-refractivity contribution in [3.8, 4) is 5.95 Å². The summed E-state index contributed by atoms with van der Waals surface area (Å²) in [6.07, 6.45) is 5.34. The molecule has 0 aliphatic carbocycles. The summed E-state index contributed by atoms with van der Waals surface area (Å²) in [6, 6.07) is 0. The number of nitrogens with zero attached hydrogens (tertiary/aromatic N) is 7. The van der Waals surface area contributed by atoms with Gasteiger partial charge in [0.25, 0.3) is 5.95 Å². The smallest absolute Gasteiger partial charge is 0.258 e. The van der Waals surface area contributed by atoms with Crippen LogP contribution in [0.1, 0.15) is 33.6 Å². The average molecular weight is 288 g/mol. The van der Waals surface area contributed by atoms with Crippen molar-refractivity contribution < 1.29 is 0 Å². The lowest BCUT2D eigenvalue weighted by Crippen LogP contribution is -2.39. The molecule has 0 radical (unpaired) electrons. The van der Waals surface area contributed by atoms with Crippen molar-refractivity contribution in [3.63, 3.8) is 0 Å². The summed E-state index contributed by atoms with van der Waals surface area (Å²) in [4.78, 5) is 19.7. The van der Waals surface area contributed by atoms with E-state index in [1.807, 2.05) is 6.92 Å². The Morgan fingerprint density at radius 1 is 1.24 bits per heavy atom. The summed E-state index contributed by atoms with van der Waals surface area (Å²) in [5.74, 6) is 1.74. The molecule has 1 saturated heterocycles. The van der Waals surface area contributed by atoms with Gasteiger partial charge in [-0.05, 0) is 33.6 Å². The fourth-order valence-corrected chi connectivity index (χ4v) is 2.60. The van der Waals surface area contributed by atoms with Gasteiger partial charge in [-0.2, -0.15) is 24.7 Å². The molecular weight excluding hydrogens is 268 g/mol. The lowest BCUT2D eigenvalue weighted by atomic mass is 10.0. The van der Waals surface area contributed by atoms with Crippen LogP contribution >= 0.6 is 0 Å². The minimum atomic E-state index is 0.0600. The number of anilines is 2. The topological polar surface area (TPSA) is 84.7 Å². The highest BCUT2D eigenvalue weighted by Crippen LogP contribution is 2.31. The third-order valence-electron chi connectivity index (χ3n) is 3.71. The molecule has 1 aliphatic heterocycles. The van der Waals surface area contributed by atoms with E-state index in [1.54, 1.807) is 11.0 Å². The Kier molecular flexibility index (Phi) is 3.44. The number of hydrogen-bond donors (Lipinski definition) is 1. The standard InChI is InChI=1S/C13H20N8/c1-4-15-10-17-11(20-7-5-6-13(20,2)3)19-12(18-10)21-9-14-8-16-21/h8-9H,4-7H2,1-3H3,(H,15,17,18,19). The van der Waals surface area contributed by atoms with Crippen LogP contribution in [0, 0.1) is 0 Å². The van der Waals surface area contributed by atoms with Crippen molar-refractivity contribution >= 4 is 11.9 Å². The molecule has 0 atom stereocenters. The fourth-order valence-electron chi connectivity index (χ4n) is 2.60. The zero-order chi connectivity index (χ0) is 14.9. The van der Waals surface area contributed by atoms with Gasteiger partial charge in [0.1, 0.15) is 12.7 Å². The molecule has 8 nitrogen and oxygen atoms in total. The largest absolute Gasteiger partial charge is 0.354 e. The first-order valence-electron chi connectivity index (χ1n) is 7.23. The average Bonchev–Trinajstić information content (AvgIpc) is 3.07. The Hall–Kier alpha value is -2.25. The van der Waals surface area contributed by atoms with E-state index >= 15 is 0 Å². The summed E-state index contributed by atoms with van der Waals surface area (Å²) < 4.78 is 1.55. The maximum atomic E-state index is 4.56. The van der Waals surface area contributed by atoms with Crippen molar-refractivity contribution in [2.24, 2.45) is 0 Å². The van der Waals surface area contributed by atoms with Gasteiger partial charge >= 0.3 is 0 Å². The summed E-state index contributed by atoms with van der Waals surface area (Å²) >= 11 is 0. The summed E-state index contributed by atoms with van der Waals surface area (Å²) in [5.41, 5.74) is 0.0600. The Balaban J connectivity index is 2.03. The molecule has 0 aromatic carbocycles. The molecule has 1 fully saturated rings. The van der Waals surface area contributed by atoms with E-state index in [2.05, 4.69) is 49.1 Å². The first-order chi connectivity index (χ1) is 10.1. The van der Waals surface area contributed by atoms with Gasteiger partial charge in [-0.1, -0.05) is 0 Å². The molecule has 0 spiro atoms. The number of nitrogens with one attached hydrogen (secondary N) is 1. The maximum absolute atomic E-state index is 4.56. The van der Waals surface area contributed by atoms with Gasteiger partial charge in [0.15, 0.2) is 0 Å². The van der Waals surface area contributed by atoms with Crippen molar-refractivity contribution in [1.82, 2.24) is 29.7 Å². The van der Waals surface area contributed by atoms with E-state index in [1.165, 1.54) is 6.33 Å². The zero-order valence-electron chi connectivity index (χ0n) is 12.6. The van der Waals surface area contributed by atoms with Crippen LogP contribution in [0.15, 0.2) is 12.7 Å².